The predicted molar refractivity (Wildman–Crippen MR) is 137 cm³/mol. The molecule has 7 nitrogen and oxygen atoms in total. The van der Waals surface area contributed by atoms with Crippen LogP contribution in [0.5, 0.6) is 0 Å². The maximum Gasteiger partial charge on any atom is 0.227 e. The summed E-state index contributed by atoms with van der Waals surface area (Å²) in [6.07, 6.45) is 5.91. The number of halogens is 1. The first-order chi connectivity index (χ1) is 16.5. The first-order valence-corrected chi connectivity index (χ1v) is 12.6. The molecule has 9 heteroatoms. The lowest BCUT2D eigenvalue weighted by Gasteiger charge is -2.27. The minimum absolute atomic E-state index is 0.226. The molecule has 0 radical (unpaired) electrons. The van der Waals surface area contributed by atoms with Gasteiger partial charge >= 0.3 is 0 Å². The summed E-state index contributed by atoms with van der Waals surface area (Å²) >= 11 is 1.68. The van der Waals surface area contributed by atoms with Crippen LogP contribution >= 0.6 is 11.3 Å². The summed E-state index contributed by atoms with van der Waals surface area (Å²) < 4.78 is 15.3. The number of anilines is 2. The second-order valence-electron chi connectivity index (χ2n) is 9.20. The van der Waals surface area contributed by atoms with E-state index in [4.69, 9.17) is 15.7 Å². The Labute approximate surface area is 202 Å². The number of imidazole rings is 1. The molecule has 178 valence electrons. The van der Waals surface area contributed by atoms with E-state index >= 15 is 0 Å². The largest absolute Gasteiger partial charge is 0.363 e. The zero-order chi connectivity index (χ0) is 23.7. The summed E-state index contributed by atoms with van der Waals surface area (Å²) in [7, 11) is 0. The fourth-order valence-corrected chi connectivity index (χ4v) is 5.29. The summed E-state index contributed by atoms with van der Waals surface area (Å²) in [5.74, 6) is 1.11. The maximum atomic E-state index is 13.3. The summed E-state index contributed by atoms with van der Waals surface area (Å²) in [5.41, 5.74) is 8.67. The van der Waals surface area contributed by atoms with E-state index in [1.807, 2.05) is 6.33 Å². The summed E-state index contributed by atoms with van der Waals surface area (Å²) in [6.45, 7) is 4.85. The molecule has 0 spiro atoms. The van der Waals surface area contributed by atoms with Crippen LogP contribution in [-0.2, 0) is 6.54 Å². The van der Waals surface area contributed by atoms with Crippen LogP contribution in [0.1, 0.15) is 50.4 Å². The highest BCUT2D eigenvalue weighted by Gasteiger charge is 2.21. The van der Waals surface area contributed by atoms with Crippen LogP contribution in [0.3, 0.4) is 0 Å². The van der Waals surface area contributed by atoms with Gasteiger partial charge in [-0.1, -0.05) is 12.1 Å². The number of nitrogens with one attached hydrogen (secondary N) is 2. The van der Waals surface area contributed by atoms with E-state index in [2.05, 4.69) is 46.2 Å². The number of thiophene rings is 1. The molecule has 0 amide bonds. The van der Waals surface area contributed by atoms with Gasteiger partial charge in [-0.2, -0.15) is 9.97 Å². The molecule has 1 saturated carbocycles. The van der Waals surface area contributed by atoms with Gasteiger partial charge in [0.05, 0.1) is 12.9 Å². The van der Waals surface area contributed by atoms with Crippen LogP contribution in [0.25, 0.3) is 21.6 Å². The Kier molecular flexibility index (Phi) is 6.47. The molecule has 4 N–H and O–H groups in total. The van der Waals surface area contributed by atoms with Gasteiger partial charge in [0.25, 0.3) is 0 Å². The van der Waals surface area contributed by atoms with E-state index in [1.165, 1.54) is 12.1 Å². The number of benzene rings is 1. The standard InChI is InChI=1S/C25H30FN7S/c1-15(2)33-14-29-22-23(31-25(32-24(22)33)30-19-9-7-18(27)8-10-19)28-13-20-11-12-21(34-20)16-3-5-17(26)6-4-16/h3-6,11-12,14-15,18-19H,7-10,13,27H2,1-2H3,(H2,28,30,31,32). The summed E-state index contributed by atoms with van der Waals surface area (Å²) in [4.78, 5) is 16.5. The highest BCUT2D eigenvalue weighted by molar-refractivity contribution is 7.15. The van der Waals surface area contributed by atoms with Crippen molar-refractivity contribution < 1.29 is 4.39 Å². The normalized spacial score (nSPS) is 18.5. The lowest BCUT2D eigenvalue weighted by molar-refractivity contribution is 0.410. The number of aromatic nitrogens is 4. The smallest absolute Gasteiger partial charge is 0.227 e. The van der Waals surface area contributed by atoms with Crippen molar-refractivity contribution in [2.24, 2.45) is 5.73 Å². The molecule has 34 heavy (non-hydrogen) atoms. The van der Waals surface area contributed by atoms with Gasteiger partial charge < -0.3 is 20.9 Å². The first-order valence-electron chi connectivity index (χ1n) is 11.8. The summed E-state index contributed by atoms with van der Waals surface area (Å²) in [5, 5.41) is 7.01. The van der Waals surface area contributed by atoms with Gasteiger partial charge in [0.1, 0.15) is 5.82 Å². The number of fused-ring (bicyclic) bond motifs is 1. The van der Waals surface area contributed by atoms with Crippen molar-refractivity contribution in [1.29, 1.82) is 0 Å². The highest BCUT2D eigenvalue weighted by Crippen LogP contribution is 2.30. The van der Waals surface area contributed by atoms with Crippen molar-refractivity contribution in [2.45, 2.75) is 64.2 Å². The Morgan fingerprint density at radius 1 is 1.09 bits per heavy atom. The van der Waals surface area contributed by atoms with Crippen molar-refractivity contribution in [3.05, 3.63) is 53.4 Å². The average Bonchev–Trinajstić information content (AvgIpc) is 3.47. The van der Waals surface area contributed by atoms with Crippen molar-refractivity contribution in [3.8, 4) is 10.4 Å². The molecule has 1 fully saturated rings. The topological polar surface area (TPSA) is 93.7 Å². The van der Waals surface area contributed by atoms with Crippen LogP contribution in [0.15, 0.2) is 42.7 Å². The number of hydrogen-bond donors (Lipinski definition) is 3. The molecule has 0 aliphatic heterocycles. The lowest BCUT2D eigenvalue weighted by atomic mass is 9.92. The number of nitrogens with two attached hydrogens (primary N) is 1. The predicted octanol–water partition coefficient (Wildman–Crippen LogP) is 5.57. The van der Waals surface area contributed by atoms with E-state index in [-0.39, 0.29) is 11.9 Å². The van der Waals surface area contributed by atoms with Crippen molar-refractivity contribution >= 4 is 34.3 Å². The number of hydrogen-bond acceptors (Lipinski definition) is 7. The van der Waals surface area contributed by atoms with E-state index in [0.717, 1.165) is 58.0 Å². The molecular weight excluding hydrogens is 449 g/mol. The Morgan fingerprint density at radius 2 is 1.85 bits per heavy atom. The van der Waals surface area contributed by atoms with E-state index in [1.54, 1.807) is 23.5 Å². The Hall–Kier alpha value is -3.04. The molecule has 3 heterocycles. The Morgan fingerprint density at radius 3 is 2.59 bits per heavy atom. The average molecular weight is 480 g/mol. The maximum absolute atomic E-state index is 13.3. The minimum atomic E-state index is -0.226. The van der Waals surface area contributed by atoms with Crippen molar-refractivity contribution in [2.75, 3.05) is 10.6 Å². The minimum Gasteiger partial charge on any atom is -0.363 e. The second-order valence-corrected chi connectivity index (χ2v) is 10.4. The van der Waals surface area contributed by atoms with Crippen molar-refractivity contribution in [3.63, 3.8) is 0 Å². The van der Waals surface area contributed by atoms with E-state index < -0.39 is 0 Å². The highest BCUT2D eigenvalue weighted by atomic mass is 32.1. The number of rotatable bonds is 7. The van der Waals surface area contributed by atoms with Gasteiger partial charge in [0, 0.05) is 27.9 Å². The molecule has 0 unspecified atom stereocenters. The first kappa shape index (κ1) is 22.7. The van der Waals surface area contributed by atoms with Gasteiger partial charge in [-0.15, -0.1) is 11.3 Å². The van der Waals surface area contributed by atoms with E-state index in [0.29, 0.717) is 24.6 Å². The quantitative estimate of drug-likeness (QED) is 0.321. The third kappa shape index (κ3) is 4.90. The van der Waals surface area contributed by atoms with Crippen LogP contribution < -0.4 is 16.4 Å². The number of nitrogens with zero attached hydrogens (tertiary/aromatic N) is 4. The SMILES string of the molecule is CC(C)n1cnc2c(NCc3ccc(-c4ccc(F)cc4)s3)nc(NC3CCC(N)CC3)nc21. The van der Waals surface area contributed by atoms with Crippen LogP contribution in [0.4, 0.5) is 16.2 Å². The third-order valence-electron chi connectivity index (χ3n) is 6.30. The molecule has 5 rings (SSSR count). The molecule has 0 bridgehead atoms. The zero-order valence-electron chi connectivity index (χ0n) is 19.5. The fourth-order valence-electron chi connectivity index (χ4n) is 4.34. The van der Waals surface area contributed by atoms with Gasteiger partial charge in [-0.05, 0) is 69.4 Å². The molecule has 4 aromatic rings. The van der Waals surface area contributed by atoms with Crippen molar-refractivity contribution in [1.82, 2.24) is 19.5 Å². The van der Waals surface area contributed by atoms with E-state index in [9.17, 15) is 4.39 Å². The molecule has 0 atom stereocenters. The van der Waals surface area contributed by atoms with Crippen LogP contribution in [0, 0.1) is 5.82 Å². The van der Waals surface area contributed by atoms with Crippen LogP contribution in [0.2, 0.25) is 0 Å². The van der Waals surface area contributed by atoms with Crippen LogP contribution in [-0.4, -0.2) is 31.6 Å². The second kappa shape index (κ2) is 9.68. The molecule has 0 saturated heterocycles. The molecule has 1 aliphatic carbocycles. The van der Waals surface area contributed by atoms with Gasteiger partial charge in [0.2, 0.25) is 5.95 Å². The fraction of sp³-hybridized carbons (Fsp3) is 0.400. The molecule has 1 aromatic carbocycles. The van der Waals surface area contributed by atoms with Gasteiger partial charge in [-0.3, -0.25) is 0 Å². The zero-order valence-corrected chi connectivity index (χ0v) is 20.3. The lowest BCUT2D eigenvalue weighted by Crippen LogP contribution is -2.33. The van der Waals surface area contributed by atoms with Gasteiger partial charge in [0.15, 0.2) is 17.0 Å². The summed E-state index contributed by atoms with van der Waals surface area (Å²) in [6, 6.07) is 11.6. The third-order valence-corrected chi connectivity index (χ3v) is 7.44. The van der Waals surface area contributed by atoms with Gasteiger partial charge in [-0.25, -0.2) is 9.37 Å². The monoisotopic (exact) mass is 479 g/mol. The Balaban J connectivity index is 1.38. The molecular formula is C25H30FN7S. The Bertz CT molecular complexity index is 1260. The molecule has 1 aliphatic rings. The molecule has 3 aromatic heterocycles.